The van der Waals surface area contributed by atoms with E-state index in [1.54, 1.807) is 25.2 Å². The number of hydrogen-bond donors (Lipinski definition) is 0. The third kappa shape index (κ3) is 2.74. The van der Waals surface area contributed by atoms with Gasteiger partial charge in [-0.25, -0.2) is 8.78 Å². The first-order valence-electron chi connectivity index (χ1n) is 6.28. The highest BCUT2D eigenvalue weighted by Gasteiger charge is 2.35. The van der Waals surface area contributed by atoms with Crippen LogP contribution in [0.25, 0.3) is 0 Å². The Morgan fingerprint density at radius 1 is 1.35 bits per heavy atom. The van der Waals surface area contributed by atoms with E-state index in [-0.39, 0.29) is 23.4 Å². The van der Waals surface area contributed by atoms with E-state index in [0.717, 1.165) is 12.1 Å². The zero-order valence-electron chi connectivity index (χ0n) is 11.4. The molecule has 0 aromatic heterocycles. The molecule has 0 spiro atoms. The molecule has 0 amide bonds. The van der Waals surface area contributed by atoms with E-state index < -0.39 is 11.6 Å². The van der Waals surface area contributed by atoms with Crippen LogP contribution in [-0.4, -0.2) is 39.5 Å². The first-order chi connectivity index (χ1) is 9.60. The van der Waals surface area contributed by atoms with Gasteiger partial charge in [0.05, 0.1) is 30.4 Å². The number of halogens is 2. The third-order valence-electron chi connectivity index (χ3n) is 3.50. The highest BCUT2D eigenvalue weighted by Crippen LogP contribution is 2.32. The first-order valence-corrected chi connectivity index (χ1v) is 6.28. The number of hydrogen-bond acceptors (Lipinski definition) is 4. The van der Waals surface area contributed by atoms with Crippen molar-refractivity contribution in [3.63, 3.8) is 0 Å². The van der Waals surface area contributed by atoms with Crippen LogP contribution < -0.4 is 4.90 Å². The molecule has 2 rings (SSSR count). The topological polar surface area (TPSA) is 45.5 Å². The van der Waals surface area contributed by atoms with Gasteiger partial charge in [0.2, 0.25) is 0 Å². The number of anilines is 1. The van der Waals surface area contributed by atoms with Crippen LogP contribution >= 0.6 is 0 Å². The molecule has 0 saturated carbocycles. The largest absolute Gasteiger partial charge is 0.383 e. The number of ether oxygens (including phenoxy) is 2. The zero-order chi connectivity index (χ0) is 14.7. The molecule has 108 valence electrons. The summed E-state index contributed by atoms with van der Waals surface area (Å²) in [7, 11) is 3.12. The third-order valence-corrected chi connectivity index (χ3v) is 3.50. The Morgan fingerprint density at radius 2 is 2.00 bits per heavy atom. The molecule has 0 radical (unpaired) electrons. The minimum Gasteiger partial charge on any atom is -0.383 e. The van der Waals surface area contributed by atoms with E-state index in [1.165, 1.54) is 0 Å². The second kappa shape index (κ2) is 6.16. The van der Waals surface area contributed by atoms with Crippen molar-refractivity contribution < 1.29 is 18.3 Å². The SMILES string of the molecule is COC[C@@H]1C[C@H](OC)CN1c1c(F)cc(C#N)cc1F. The molecule has 1 heterocycles. The first kappa shape index (κ1) is 14.7. The predicted molar refractivity (Wildman–Crippen MR) is 69.5 cm³/mol. The van der Waals surface area contributed by atoms with E-state index in [4.69, 9.17) is 14.7 Å². The smallest absolute Gasteiger partial charge is 0.150 e. The predicted octanol–water partition coefficient (Wildman–Crippen LogP) is 2.08. The molecular formula is C14H16F2N2O2. The highest BCUT2D eigenvalue weighted by atomic mass is 19.1. The lowest BCUT2D eigenvalue weighted by Gasteiger charge is -2.26. The number of benzene rings is 1. The van der Waals surface area contributed by atoms with Gasteiger partial charge < -0.3 is 14.4 Å². The van der Waals surface area contributed by atoms with E-state index >= 15 is 0 Å². The summed E-state index contributed by atoms with van der Waals surface area (Å²) < 4.78 is 38.5. The van der Waals surface area contributed by atoms with Gasteiger partial charge >= 0.3 is 0 Å². The van der Waals surface area contributed by atoms with E-state index in [0.29, 0.717) is 19.6 Å². The molecule has 0 N–H and O–H groups in total. The van der Waals surface area contributed by atoms with Crippen molar-refractivity contribution in [2.45, 2.75) is 18.6 Å². The van der Waals surface area contributed by atoms with Gasteiger partial charge in [-0.05, 0) is 18.6 Å². The Balaban J connectivity index is 2.36. The zero-order valence-corrected chi connectivity index (χ0v) is 11.4. The molecule has 1 aliphatic rings. The van der Waals surface area contributed by atoms with Crippen LogP contribution in [0.15, 0.2) is 12.1 Å². The van der Waals surface area contributed by atoms with Crippen molar-refractivity contribution in [2.24, 2.45) is 0 Å². The maximum absolute atomic E-state index is 14.1. The minimum absolute atomic E-state index is 0.0328. The van der Waals surface area contributed by atoms with Crippen molar-refractivity contribution >= 4 is 5.69 Å². The molecule has 20 heavy (non-hydrogen) atoms. The second-order valence-corrected chi connectivity index (χ2v) is 4.76. The van der Waals surface area contributed by atoms with Crippen LogP contribution in [0, 0.1) is 23.0 Å². The average Bonchev–Trinajstić information content (AvgIpc) is 2.81. The summed E-state index contributed by atoms with van der Waals surface area (Å²) >= 11 is 0. The molecule has 4 nitrogen and oxygen atoms in total. The fourth-order valence-corrected chi connectivity index (χ4v) is 2.57. The van der Waals surface area contributed by atoms with Crippen LogP contribution in [0.1, 0.15) is 12.0 Å². The molecule has 1 fully saturated rings. The second-order valence-electron chi connectivity index (χ2n) is 4.76. The van der Waals surface area contributed by atoms with Crippen molar-refractivity contribution in [3.8, 4) is 6.07 Å². The van der Waals surface area contributed by atoms with Crippen molar-refractivity contribution in [1.82, 2.24) is 0 Å². The number of rotatable bonds is 4. The van der Waals surface area contributed by atoms with Crippen molar-refractivity contribution in [3.05, 3.63) is 29.3 Å². The maximum atomic E-state index is 14.1. The lowest BCUT2D eigenvalue weighted by atomic mass is 10.1. The van der Waals surface area contributed by atoms with Crippen molar-refractivity contribution in [2.75, 3.05) is 32.3 Å². The van der Waals surface area contributed by atoms with Crippen LogP contribution in [-0.2, 0) is 9.47 Å². The van der Waals surface area contributed by atoms with Gasteiger partial charge in [0.25, 0.3) is 0 Å². The van der Waals surface area contributed by atoms with Crippen LogP contribution in [0.2, 0.25) is 0 Å². The summed E-state index contributed by atoms with van der Waals surface area (Å²) in [5, 5.41) is 8.72. The standard InChI is InChI=1S/C14H16F2N2O2/c1-19-8-10-5-11(20-2)7-18(10)14-12(15)3-9(6-17)4-13(14)16/h3-4,10-11H,5,7-8H2,1-2H3/t10-,11-/m0/s1. The molecule has 0 aliphatic carbocycles. The molecule has 1 aliphatic heterocycles. The fourth-order valence-electron chi connectivity index (χ4n) is 2.57. The number of nitriles is 1. The van der Waals surface area contributed by atoms with Gasteiger partial charge in [-0.1, -0.05) is 0 Å². The molecule has 2 atom stereocenters. The molecular weight excluding hydrogens is 266 g/mol. The average molecular weight is 282 g/mol. The minimum atomic E-state index is -0.737. The lowest BCUT2D eigenvalue weighted by Crippen LogP contribution is -2.34. The monoisotopic (exact) mass is 282 g/mol. The molecule has 6 heteroatoms. The van der Waals surface area contributed by atoms with Gasteiger partial charge in [-0.2, -0.15) is 5.26 Å². The van der Waals surface area contributed by atoms with E-state index in [1.807, 2.05) is 0 Å². The van der Waals surface area contributed by atoms with E-state index in [2.05, 4.69) is 0 Å². The van der Waals surface area contributed by atoms with Gasteiger partial charge in [0, 0.05) is 20.8 Å². The van der Waals surface area contributed by atoms with E-state index in [9.17, 15) is 8.78 Å². The molecule has 1 aromatic carbocycles. The summed E-state index contributed by atoms with van der Waals surface area (Å²) in [6.45, 7) is 0.753. The Kier molecular flexibility index (Phi) is 4.53. The molecule has 0 bridgehead atoms. The summed E-state index contributed by atoms with van der Waals surface area (Å²) in [5.41, 5.74) is -0.153. The lowest BCUT2D eigenvalue weighted by molar-refractivity contribution is 0.111. The molecule has 1 aromatic rings. The summed E-state index contributed by atoms with van der Waals surface area (Å²) in [6, 6.07) is 3.67. The fraction of sp³-hybridized carbons (Fsp3) is 0.500. The van der Waals surface area contributed by atoms with Gasteiger partial charge in [-0.15, -0.1) is 0 Å². The summed E-state index contributed by atoms with van der Waals surface area (Å²) in [5.74, 6) is -1.47. The maximum Gasteiger partial charge on any atom is 0.150 e. The summed E-state index contributed by atoms with van der Waals surface area (Å²) in [4.78, 5) is 1.61. The molecule has 1 saturated heterocycles. The van der Waals surface area contributed by atoms with Gasteiger partial charge in [-0.3, -0.25) is 0 Å². The summed E-state index contributed by atoms with van der Waals surface area (Å²) in [6.07, 6.45) is 0.549. The van der Waals surface area contributed by atoms with Crippen molar-refractivity contribution in [1.29, 1.82) is 5.26 Å². The quantitative estimate of drug-likeness (QED) is 0.848. The number of nitrogens with zero attached hydrogens (tertiary/aromatic N) is 2. The normalized spacial score (nSPS) is 22.1. The molecule has 0 unspecified atom stereocenters. The van der Waals surface area contributed by atoms with Crippen LogP contribution in [0.3, 0.4) is 0 Å². The number of methoxy groups -OCH3 is 2. The Labute approximate surface area is 116 Å². The highest BCUT2D eigenvalue weighted by molar-refractivity contribution is 5.54. The van der Waals surface area contributed by atoms with Crippen LogP contribution in [0.5, 0.6) is 0 Å². The Bertz CT molecular complexity index is 507. The van der Waals surface area contributed by atoms with Gasteiger partial charge in [0.1, 0.15) is 5.69 Å². The van der Waals surface area contributed by atoms with Crippen LogP contribution in [0.4, 0.5) is 14.5 Å². The Hall–Kier alpha value is -1.71. The Morgan fingerprint density at radius 3 is 2.50 bits per heavy atom. The van der Waals surface area contributed by atoms with Gasteiger partial charge in [0.15, 0.2) is 11.6 Å².